The second-order valence-electron chi connectivity index (χ2n) is 6.54. The third kappa shape index (κ3) is 5.56. The highest BCUT2D eigenvalue weighted by Crippen LogP contribution is 2.19. The summed E-state index contributed by atoms with van der Waals surface area (Å²) in [5, 5.41) is 4.00. The Labute approximate surface area is 159 Å². The molecule has 3 rings (SSSR count). The van der Waals surface area contributed by atoms with E-state index in [0.717, 1.165) is 43.0 Å². The van der Waals surface area contributed by atoms with Crippen molar-refractivity contribution >= 4 is 17.8 Å². The fraction of sp³-hybridized carbons (Fsp3) is 0.333. The number of morpholine rings is 1. The fourth-order valence-corrected chi connectivity index (χ4v) is 2.81. The van der Waals surface area contributed by atoms with Crippen LogP contribution in [0.4, 0.5) is 5.69 Å². The van der Waals surface area contributed by atoms with E-state index in [2.05, 4.69) is 27.6 Å². The number of ether oxygens (including phenoxy) is 2. The Kier molecular flexibility index (Phi) is 6.44. The van der Waals surface area contributed by atoms with E-state index in [9.17, 15) is 4.79 Å². The van der Waals surface area contributed by atoms with Gasteiger partial charge in [0.2, 0.25) is 0 Å². The number of carbonyl (C=O) groups is 1. The van der Waals surface area contributed by atoms with E-state index < -0.39 is 0 Å². The van der Waals surface area contributed by atoms with Gasteiger partial charge in [-0.25, -0.2) is 5.43 Å². The summed E-state index contributed by atoms with van der Waals surface area (Å²) < 4.78 is 10.9. The number of hydrogen-bond donors (Lipinski definition) is 1. The van der Waals surface area contributed by atoms with E-state index in [1.807, 2.05) is 44.2 Å². The zero-order chi connectivity index (χ0) is 19.1. The minimum absolute atomic E-state index is 0.0718. The summed E-state index contributed by atoms with van der Waals surface area (Å²) in [7, 11) is 0. The van der Waals surface area contributed by atoms with Gasteiger partial charge in [-0.3, -0.25) is 4.79 Å². The first-order valence-corrected chi connectivity index (χ1v) is 9.06. The van der Waals surface area contributed by atoms with Gasteiger partial charge in [-0.2, -0.15) is 5.10 Å². The number of nitrogens with one attached hydrogen (secondary N) is 1. The van der Waals surface area contributed by atoms with E-state index >= 15 is 0 Å². The largest absolute Gasteiger partial charge is 0.483 e. The first-order chi connectivity index (χ1) is 13.1. The van der Waals surface area contributed by atoms with E-state index in [4.69, 9.17) is 9.47 Å². The van der Waals surface area contributed by atoms with Crippen molar-refractivity contribution in [3.63, 3.8) is 0 Å². The Morgan fingerprint density at radius 2 is 1.93 bits per heavy atom. The SMILES string of the molecule is Cc1ccc(C)c(OCC(=O)NN=Cc2ccc(N3CCOCC3)cc2)c1. The summed E-state index contributed by atoms with van der Waals surface area (Å²) in [4.78, 5) is 14.2. The van der Waals surface area contributed by atoms with E-state index in [1.54, 1.807) is 6.21 Å². The molecular formula is C21H25N3O3. The Balaban J connectivity index is 1.46. The Morgan fingerprint density at radius 1 is 1.19 bits per heavy atom. The van der Waals surface area contributed by atoms with Crippen LogP contribution in [0.25, 0.3) is 0 Å². The highest BCUT2D eigenvalue weighted by atomic mass is 16.5. The molecule has 27 heavy (non-hydrogen) atoms. The second kappa shape index (κ2) is 9.19. The zero-order valence-electron chi connectivity index (χ0n) is 15.8. The summed E-state index contributed by atoms with van der Waals surface area (Å²) in [6.07, 6.45) is 1.62. The number of benzene rings is 2. The average Bonchev–Trinajstić information content (AvgIpc) is 2.70. The summed E-state index contributed by atoms with van der Waals surface area (Å²) >= 11 is 0. The Bertz CT molecular complexity index is 797. The number of carbonyl (C=O) groups excluding carboxylic acids is 1. The topological polar surface area (TPSA) is 63.2 Å². The summed E-state index contributed by atoms with van der Waals surface area (Å²) in [6, 6.07) is 14.0. The second-order valence-corrected chi connectivity index (χ2v) is 6.54. The molecule has 0 bridgehead atoms. The maximum Gasteiger partial charge on any atom is 0.277 e. The lowest BCUT2D eigenvalue weighted by Crippen LogP contribution is -2.36. The molecular weight excluding hydrogens is 342 g/mol. The number of anilines is 1. The molecule has 0 aromatic heterocycles. The van der Waals surface area contributed by atoms with Gasteiger partial charge in [-0.05, 0) is 48.7 Å². The number of aryl methyl sites for hydroxylation is 2. The van der Waals surface area contributed by atoms with Gasteiger partial charge in [0.1, 0.15) is 5.75 Å². The van der Waals surface area contributed by atoms with Crippen LogP contribution in [0.1, 0.15) is 16.7 Å². The summed E-state index contributed by atoms with van der Waals surface area (Å²) in [6.45, 7) is 7.20. The molecule has 0 aliphatic carbocycles. The molecule has 1 aliphatic heterocycles. The molecule has 0 unspecified atom stereocenters. The van der Waals surface area contributed by atoms with Crippen LogP contribution in [-0.4, -0.2) is 45.0 Å². The minimum atomic E-state index is -0.294. The highest BCUT2D eigenvalue weighted by Gasteiger charge is 2.10. The van der Waals surface area contributed by atoms with Crippen molar-refractivity contribution in [2.45, 2.75) is 13.8 Å². The molecule has 0 saturated carbocycles. The smallest absolute Gasteiger partial charge is 0.277 e. The quantitative estimate of drug-likeness (QED) is 0.630. The predicted molar refractivity (Wildman–Crippen MR) is 107 cm³/mol. The summed E-state index contributed by atoms with van der Waals surface area (Å²) in [5.41, 5.74) is 6.67. The van der Waals surface area contributed by atoms with Gasteiger partial charge in [-0.1, -0.05) is 24.3 Å². The lowest BCUT2D eigenvalue weighted by molar-refractivity contribution is -0.123. The van der Waals surface area contributed by atoms with Crippen molar-refractivity contribution in [3.05, 3.63) is 59.2 Å². The number of hydrazone groups is 1. The van der Waals surface area contributed by atoms with Gasteiger partial charge in [-0.15, -0.1) is 0 Å². The molecule has 0 atom stereocenters. The summed E-state index contributed by atoms with van der Waals surface area (Å²) in [5.74, 6) is 0.421. The molecule has 2 aromatic carbocycles. The molecule has 1 N–H and O–H groups in total. The van der Waals surface area contributed by atoms with Gasteiger partial charge in [0.05, 0.1) is 19.4 Å². The van der Waals surface area contributed by atoms with Crippen LogP contribution in [0.5, 0.6) is 5.75 Å². The van der Waals surface area contributed by atoms with Gasteiger partial charge in [0.25, 0.3) is 5.91 Å². The maximum absolute atomic E-state index is 11.9. The van der Waals surface area contributed by atoms with Gasteiger partial charge < -0.3 is 14.4 Å². The normalized spacial score (nSPS) is 14.4. The molecule has 6 nitrogen and oxygen atoms in total. The molecule has 142 valence electrons. The molecule has 6 heteroatoms. The zero-order valence-corrected chi connectivity index (χ0v) is 15.8. The molecule has 1 aliphatic rings. The average molecular weight is 367 g/mol. The molecule has 1 amide bonds. The predicted octanol–water partition coefficient (Wildman–Crippen LogP) is 2.67. The lowest BCUT2D eigenvalue weighted by Gasteiger charge is -2.28. The van der Waals surface area contributed by atoms with Crippen LogP contribution in [0.2, 0.25) is 0 Å². The minimum Gasteiger partial charge on any atom is -0.483 e. The fourth-order valence-electron chi connectivity index (χ4n) is 2.81. The Hall–Kier alpha value is -2.86. The third-order valence-electron chi connectivity index (χ3n) is 4.37. The van der Waals surface area contributed by atoms with E-state index in [-0.39, 0.29) is 12.5 Å². The van der Waals surface area contributed by atoms with E-state index in [0.29, 0.717) is 5.75 Å². The third-order valence-corrected chi connectivity index (χ3v) is 4.37. The van der Waals surface area contributed by atoms with Gasteiger partial charge in [0.15, 0.2) is 6.61 Å². The van der Waals surface area contributed by atoms with Gasteiger partial charge >= 0.3 is 0 Å². The van der Waals surface area contributed by atoms with Crippen molar-refractivity contribution in [2.75, 3.05) is 37.8 Å². The lowest BCUT2D eigenvalue weighted by atomic mass is 10.1. The van der Waals surface area contributed by atoms with Crippen LogP contribution in [0.15, 0.2) is 47.6 Å². The molecule has 1 saturated heterocycles. The maximum atomic E-state index is 11.9. The van der Waals surface area contributed by atoms with Crippen LogP contribution >= 0.6 is 0 Å². The molecule has 1 heterocycles. The number of hydrogen-bond acceptors (Lipinski definition) is 5. The van der Waals surface area contributed by atoms with Crippen molar-refractivity contribution in [1.82, 2.24) is 5.43 Å². The highest BCUT2D eigenvalue weighted by molar-refractivity contribution is 5.83. The van der Waals surface area contributed by atoms with Gasteiger partial charge in [0, 0.05) is 18.8 Å². The molecule has 1 fully saturated rings. The Morgan fingerprint density at radius 3 is 2.67 bits per heavy atom. The van der Waals surface area contributed by atoms with Crippen LogP contribution in [0.3, 0.4) is 0 Å². The van der Waals surface area contributed by atoms with Crippen molar-refractivity contribution in [1.29, 1.82) is 0 Å². The van der Waals surface area contributed by atoms with Crippen LogP contribution < -0.4 is 15.1 Å². The molecule has 2 aromatic rings. The first kappa shape index (κ1) is 18.9. The van der Waals surface area contributed by atoms with Crippen LogP contribution in [0, 0.1) is 13.8 Å². The molecule has 0 spiro atoms. The van der Waals surface area contributed by atoms with Crippen molar-refractivity contribution in [3.8, 4) is 5.75 Å². The van der Waals surface area contributed by atoms with E-state index in [1.165, 1.54) is 5.69 Å². The van der Waals surface area contributed by atoms with Crippen LogP contribution in [-0.2, 0) is 9.53 Å². The number of nitrogens with zero attached hydrogens (tertiary/aromatic N) is 2. The van der Waals surface area contributed by atoms with Crippen molar-refractivity contribution < 1.29 is 14.3 Å². The monoisotopic (exact) mass is 367 g/mol. The number of amides is 1. The van der Waals surface area contributed by atoms with Crippen molar-refractivity contribution in [2.24, 2.45) is 5.10 Å². The number of rotatable bonds is 6. The molecule has 0 radical (unpaired) electrons. The first-order valence-electron chi connectivity index (χ1n) is 9.06. The standard InChI is InChI=1S/C21H25N3O3/c1-16-3-4-17(2)20(13-16)27-15-21(25)23-22-14-18-5-7-19(8-6-18)24-9-11-26-12-10-24/h3-8,13-14H,9-12,15H2,1-2H3,(H,23,25).